The van der Waals surface area contributed by atoms with Gasteiger partial charge >= 0.3 is 0 Å². The summed E-state index contributed by atoms with van der Waals surface area (Å²) in [5, 5.41) is 6.28. The second-order valence-electron chi connectivity index (χ2n) is 6.24. The molecule has 116 valence electrons. The van der Waals surface area contributed by atoms with Gasteiger partial charge in [-0.25, -0.2) is 0 Å². The molecule has 1 atom stereocenters. The van der Waals surface area contributed by atoms with Crippen LogP contribution in [0.25, 0.3) is 0 Å². The zero-order chi connectivity index (χ0) is 15.2. The van der Waals surface area contributed by atoms with Crippen molar-refractivity contribution in [3.63, 3.8) is 0 Å². The normalized spacial score (nSPS) is 18.4. The molecule has 21 heavy (non-hydrogen) atoms. The minimum atomic E-state index is 0.139. The van der Waals surface area contributed by atoms with Crippen molar-refractivity contribution in [2.24, 2.45) is 5.92 Å². The minimum Gasteiger partial charge on any atom is -0.352 e. The first-order chi connectivity index (χ1) is 10.1. The Hall–Kier alpha value is -1.39. The van der Waals surface area contributed by atoms with Gasteiger partial charge in [-0.2, -0.15) is 0 Å². The van der Waals surface area contributed by atoms with Gasteiger partial charge in [-0.05, 0) is 45.0 Å². The van der Waals surface area contributed by atoms with E-state index in [4.69, 9.17) is 0 Å². The van der Waals surface area contributed by atoms with E-state index in [1.54, 1.807) is 0 Å². The van der Waals surface area contributed by atoms with E-state index < -0.39 is 0 Å². The molecule has 4 nitrogen and oxygen atoms in total. The predicted octanol–water partition coefficient (Wildman–Crippen LogP) is 1.75. The van der Waals surface area contributed by atoms with Gasteiger partial charge in [0.05, 0.1) is 5.92 Å². The van der Waals surface area contributed by atoms with Gasteiger partial charge in [0, 0.05) is 25.7 Å². The fourth-order valence-electron chi connectivity index (χ4n) is 2.52. The van der Waals surface area contributed by atoms with Gasteiger partial charge in [0.1, 0.15) is 0 Å². The number of nitrogens with one attached hydrogen (secondary N) is 2. The van der Waals surface area contributed by atoms with Crippen molar-refractivity contribution in [2.45, 2.75) is 39.4 Å². The summed E-state index contributed by atoms with van der Waals surface area (Å²) in [5.74, 6) is 0.310. The SMILES string of the molecule is CC(C)N(C)Cc1cccc(CNC(=O)C2CCNC2)c1. The van der Waals surface area contributed by atoms with Crippen molar-refractivity contribution in [2.75, 3.05) is 20.1 Å². The fraction of sp³-hybridized carbons (Fsp3) is 0.588. The first-order valence-electron chi connectivity index (χ1n) is 7.82. The summed E-state index contributed by atoms with van der Waals surface area (Å²) >= 11 is 0. The van der Waals surface area contributed by atoms with Gasteiger partial charge in [0.15, 0.2) is 0 Å². The molecule has 1 aromatic carbocycles. The molecule has 0 aromatic heterocycles. The number of nitrogens with zero attached hydrogens (tertiary/aromatic N) is 1. The van der Waals surface area contributed by atoms with Crippen LogP contribution in [-0.2, 0) is 17.9 Å². The molecule has 1 aliphatic rings. The summed E-state index contributed by atoms with van der Waals surface area (Å²) in [6.07, 6.45) is 0.949. The first kappa shape index (κ1) is 16.0. The van der Waals surface area contributed by atoms with E-state index in [1.807, 2.05) is 0 Å². The van der Waals surface area contributed by atoms with Crippen LogP contribution in [0.1, 0.15) is 31.4 Å². The fourth-order valence-corrected chi connectivity index (χ4v) is 2.52. The smallest absolute Gasteiger partial charge is 0.224 e. The molecular formula is C17H27N3O. The molecule has 0 bridgehead atoms. The highest BCUT2D eigenvalue weighted by Gasteiger charge is 2.21. The first-order valence-corrected chi connectivity index (χ1v) is 7.82. The molecule has 1 aromatic rings. The maximum absolute atomic E-state index is 12.0. The standard InChI is InChI=1S/C17H27N3O/c1-13(2)20(3)12-15-6-4-5-14(9-15)10-19-17(21)16-7-8-18-11-16/h4-6,9,13,16,18H,7-8,10-12H2,1-3H3,(H,19,21). The molecule has 2 rings (SSSR count). The molecule has 1 unspecified atom stereocenters. The topological polar surface area (TPSA) is 44.4 Å². The van der Waals surface area contributed by atoms with E-state index in [2.05, 4.69) is 60.7 Å². The molecule has 0 aliphatic carbocycles. The van der Waals surface area contributed by atoms with Crippen LogP contribution in [0.3, 0.4) is 0 Å². The van der Waals surface area contributed by atoms with E-state index in [0.717, 1.165) is 26.1 Å². The average Bonchev–Trinajstić information content (AvgIpc) is 2.99. The van der Waals surface area contributed by atoms with Crippen molar-refractivity contribution >= 4 is 5.91 Å². The molecule has 4 heteroatoms. The van der Waals surface area contributed by atoms with E-state index in [-0.39, 0.29) is 11.8 Å². The largest absolute Gasteiger partial charge is 0.352 e. The second-order valence-corrected chi connectivity index (χ2v) is 6.24. The number of carbonyl (C=O) groups excluding carboxylic acids is 1. The minimum absolute atomic E-state index is 0.139. The Morgan fingerprint density at radius 3 is 2.86 bits per heavy atom. The van der Waals surface area contributed by atoms with Crippen LogP contribution in [0.5, 0.6) is 0 Å². The van der Waals surface area contributed by atoms with Crippen LogP contribution < -0.4 is 10.6 Å². The molecule has 1 heterocycles. The summed E-state index contributed by atoms with van der Waals surface area (Å²) in [7, 11) is 2.13. The number of hydrogen-bond donors (Lipinski definition) is 2. The quantitative estimate of drug-likeness (QED) is 0.838. The highest BCUT2D eigenvalue weighted by Crippen LogP contribution is 2.11. The third-order valence-corrected chi connectivity index (χ3v) is 4.20. The summed E-state index contributed by atoms with van der Waals surface area (Å²) in [5.41, 5.74) is 2.46. The molecule has 1 saturated heterocycles. The summed E-state index contributed by atoms with van der Waals surface area (Å²) in [6, 6.07) is 9.01. The summed E-state index contributed by atoms with van der Waals surface area (Å²) in [4.78, 5) is 14.3. The van der Waals surface area contributed by atoms with Crippen LogP contribution in [0, 0.1) is 5.92 Å². The van der Waals surface area contributed by atoms with Gasteiger partial charge in [0.2, 0.25) is 5.91 Å². The van der Waals surface area contributed by atoms with E-state index in [0.29, 0.717) is 12.6 Å². The molecular weight excluding hydrogens is 262 g/mol. The molecule has 0 radical (unpaired) electrons. The number of amides is 1. The monoisotopic (exact) mass is 289 g/mol. The lowest BCUT2D eigenvalue weighted by Gasteiger charge is -2.21. The van der Waals surface area contributed by atoms with Crippen molar-refractivity contribution in [3.8, 4) is 0 Å². The third-order valence-electron chi connectivity index (χ3n) is 4.20. The van der Waals surface area contributed by atoms with E-state index in [1.165, 1.54) is 11.1 Å². The highest BCUT2D eigenvalue weighted by atomic mass is 16.1. The number of rotatable bonds is 6. The molecule has 1 aliphatic heterocycles. The van der Waals surface area contributed by atoms with E-state index in [9.17, 15) is 4.79 Å². The molecule has 0 spiro atoms. The second kappa shape index (κ2) is 7.57. The van der Waals surface area contributed by atoms with E-state index >= 15 is 0 Å². The van der Waals surface area contributed by atoms with Gasteiger partial charge in [0.25, 0.3) is 0 Å². The Morgan fingerprint density at radius 2 is 2.19 bits per heavy atom. The van der Waals surface area contributed by atoms with Crippen molar-refractivity contribution in [3.05, 3.63) is 35.4 Å². The van der Waals surface area contributed by atoms with Gasteiger partial charge in [-0.3, -0.25) is 9.69 Å². The molecule has 2 N–H and O–H groups in total. The Kier molecular flexibility index (Phi) is 5.76. The average molecular weight is 289 g/mol. The lowest BCUT2D eigenvalue weighted by atomic mass is 10.1. The number of benzene rings is 1. The molecule has 0 saturated carbocycles. The van der Waals surface area contributed by atoms with Crippen LogP contribution in [0.4, 0.5) is 0 Å². The number of hydrogen-bond acceptors (Lipinski definition) is 3. The van der Waals surface area contributed by atoms with Crippen LogP contribution in [0.15, 0.2) is 24.3 Å². The van der Waals surface area contributed by atoms with Crippen LogP contribution in [0.2, 0.25) is 0 Å². The predicted molar refractivity (Wildman–Crippen MR) is 85.9 cm³/mol. The van der Waals surface area contributed by atoms with Gasteiger partial charge in [-0.15, -0.1) is 0 Å². The lowest BCUT2D eigenvalue weighted by Crippen LogP contribution is -2.31. The Balaban J connectivity index is 1.87. The highest BCUT2D eigenvalue weighted by molar-refractivity contribution is 5.79. The molecule has 1 fully saturated rings. The van der Waals surface area contributed by atoms with Gasteiger partial charge < -0.3 is 10.6 Å². The zero-order valence-corrected chi connectivity index (χ0v) is 13.4. The van der Waals surface area contributed by atoms with Gasteiger partial charge in [-0.1, -0.05) is 24.3 Å². The lowest BCUT2D eigenvalue weighted by molar-refractivity contribution is -0.124. The van der Waals surface area contributed by atoms with Crippen molar-refractivity contribution in [1.29, 1.82) is 0 Å². The van der Waals surface area contributed by atoms with Crippen LogP contribution in [-0.4, -0.2) is 37.0 Å². The Morgan fingerprint density at radius 1 is 1.43 bits per heavy atom. The number of carbonyl (C=O) groups is 1. The summed E-state index contributed by atoms with van der Waals surface area (Å²) < 4.78 is 0. The molecule has 1 amide bonds. The maximum atomic E-state index is 12.0. The third kappa shape index (κ3) is 4.83. The van der Waals surface area contributed by atoms with Crippen molar-refractivity contribution in [1.82, 2.24) is 15.5 Å². The zero-order valence-electron chi connectivity index (χ0n) is 13.4. The Bertz CT molecular complexity index is 467. The summed E-state index contributed by atoms with van der Waals surface area (Å²) in [6.45, 7) is 7.71. The maximum Gasteiger partial charge on any atom is 0.224 e. The Labute approximate surface area is 127 Å². The van der Waals surface area contributed by atoms with Crippen LogP contribution >= 0.6 is 0 Å². The van der Waals surface area contributed by atoms with Crippen molar-refractivity contribution < 1.29 is 4.79 Å².